The zero-order chi connectivity index (χ0) is 14.3. The quantitative estimate of drug-likeness (QED) is 0.842. The minimum atomic E-state index is -0.575. The van der Waals surface area contributed by atoms with Crippen LogP contribution in [-0.4, -0.2) is 0 Å². The van der Waals surface area contributed by atoms with Crippen molar-refractivity contribution in [1.29, 1.82) is 0 Å². The topological polar surface area (TPSA) is 35.2 Å². The lowest BCUT2D eigenvalue weighted by atomic mass is 9.93. The summed E-state index contributed by atoms with van der Waals surface area (Å²) in [4.78, 5) is 0. The predicted octanol–water partition coefficient (Wildman–Crippen LogP) is 4.25. The second kappa shape index (κ2) is 5.14. The highest BCUT2D eigenvalue weighted by Crippen LogP contribution is 2.41. The summed E-state index contributed by atoms with van der Waals surface area (Å²) in [6.07, 6.45) is -0.168. The van der Waals surface area contributed by atoms with Gasteiger partial charge in [-0.3, -0.25) is 0 Å². The fraction of sp³-hybridized carbons (Fsp3) is 0.200. The molecule has 20 heavy (non-hydrogen) atoms. The van der Waals surface area contributed by atoms with Crippen LogP contribution in [0, 0.1) is 11.6 Å². The molecular formula is C15H12BrF2NO. The maximum Gasteiger partial charge on any atom is 0.130 e. The Morgan fingerprint density at radius 2 is 1.90 bits per heavy atom. The molecule has 3 rings (SSSR count). The van der Waals surface area contributed by atoms with Crippen LogP contribution in [0.25, 0.3) is 0 Å². The highest BCUT2D eigenvalue weighted by molar-refractivity contribution is 9.10. The van der Waals surface area contributed by atoms with Crippen molar-refractivity contribution in [3.8, 4) is 5.75 Å². The summed E-state index contributed by atoms with van der Waals surface area (Å²) < 4.78 is 33.8. The normalized spacial score (nSPS) is 21.2. The summed E-state index contributed by atoms with van der Waals surface area (Å²) in [7, 11) is 0. The summed E-state index contributed by atoms with van der Waals surface area (Å²) in [6.45, 7) is 0. The summed E-state index contributed by atoms with van der Waals surface area (Å²) in [6, 6.07) is 8.58. The van der Waals surface area contributed by atoms with Gasteiger partial charge in [0, 0.05) is 28.1 Å². The van der Waals surface area contributed by atoms with Gasteiger partial charge in [0.15, 0.2) is 0 Å². The van der Waals surface area contributed by atoms with E-state index >= 15 is 0 Å². The highest BCUT2D eigenvalue weighted by Gasteiger charge is 2.29. The average molecular weight is 340 g/mol. The first-order chi connectivity index (χ1) is 9.54. The van der Waals surface area contributed by atoms with Crippen LogP contribution in [-0.2, 0) is 0 Å². The zero-order valence-corrected chi connectivity index (χ0v) is 12.0. The van der Waals surface area contributed by atoms with Gasteiger partial charge in [0.1, 0.15) is 23.5 Å². The molecule has 0 aliphatic carbocycles. The van der Waals surface area contributed by atoms with E-state index in [0.29, 0.717) is 12.2 Å². The van der Waals surface area contributed by atoms with Crippen LogP contribution in [0.3, 0.4) is 0 Å². The summed E-state index contributed by atoms with van der Waals surface area (Å²) in [5, 5.41) is 0. The van der Waals surface area contributed by atoms with Gasteiger partial charge in [0.2, 0.25) is 0 Å². The number of halogens is 3. The number of fused-ring (bicyclic) bond motifs is 1. The minimum absolute atomic E-state index is 0.203. The van der Waals surface area contributed by atoms with Gasteiger partial charge in [-0.1, -0.05) is 15.9 Å². The standard InChI is InChI=1S/C15H12BrF2NO/c16-8-1-4-14-11(5-8)13(19)7-15(20-14)10-6-9(17)2-3-12(10)18/h1-6,13,15H,7,19H2/t13-,15?/m1/s1. The number of rotatable bonds is 1. The molecule has 0 saturated heterocycles. The summed E-state index contributed by atoms with van der Waals surface area (Å²) >= 11 is 3.38. The molecule has 1 heterocycles. The van der Waals surface area contributed by atoms with Gasteiger partial charge in [-0.25, -0.2) is 8.78 Å². The largest absolute Gasteiger partial charge is 0.485 e. The van der Waals surface area contributed by atoms with Crippen LogP contribution in [0.4, 0.5) is 8.78 Å². The van der Waals surface area contributed by atoms with Crippen LogP contribution in [0.1, 0.15) is 29.7 Å². The van der Waals surface area contributed by atoms with Gasteiger partial charge in [0.05, 0.1) is 0 Å². The third kappa shape index (κ3) is 2.43. The summed E-state index contributed by atoms with van der Waals surface area (Å²) in [5.41, 5.74) is 7.18. The van der Waals surface area contributed by atoms with Crippen LogP contribution in [0.15, 0.2) is 40.9 Å². The lowest BCUT2D eigenvalue weighted by Gasteiger charge is -2.30. The number of benzene rings is 2. The van der Waals surface area contributed by atoms with E-state index in [-0.39, 0.29) is 11.6 Å². The first-order valence-electron chi connectivity index (χ1n) is 6.21. The lowest BCUT2D eigenvalue weighted by Crippen LogP contribution is -2.24. The monoisotopic (exact) mass is 339 g/mol. The molecule has 0 saturated carbocycles. The fourth-order valence-electron chi connectivity index (χ4n) is 2.43. The Bertz CT molecular complexity index is 662. The molecule has 0 amide bonds. The zero-order valence-electron chi connectivity index (χ0n) is 10.4. The van der Waals surface area contributed by atoms with E-state index in [1.807, 2.05) is 12.1 Å². The van der Waals surface area contributed by atoms with Gasteiger partial charge >= 0.3 is 0 Å². The van der Waals surface area contributed by atoms with Gasteiger partial charge in [-0.2, -0.15) is 0 Å². The molecule has 1 aliphatic heterocycles. The lowest BCUT2D eigenvalue weighted by molar-refractivity contribution is 0.157. The van der Waals surface area contributed by atoms with Crippen molar-refractivity contribution < 1.29 is 13.5 Å². The van der Waals surface area contributed by atoms with Crippen molar-refractivity contribution in [3.63, 3.8) is 0 Å². The fourth-order valence-corrected chi connectivity index (χ4v) is 2.81. The third-order valence-electron chi connectivity index (χ3n) is 3.41. The predicted molar refractivity (Wildman–Crippen MR) is 75.4 cm³/mol. The maximum atomic E-state index is 13.8. The Hall–Kier alpha value is -1.46. The number of hydrogen-bond donors (Lipinski definition) is 1. The van der Waals surface area contributed by atoms with Crippen molar-refractivity contribution in [2.45, 2.75) is 18.6 Å². The molecule has 0 bridgehead atoms. The molecule has 0 spiro atoms. The molecule has 2 nitrogen and oxygen atoms in total. The molecule has 104 valence electrons. The molecule has 1 unspecified atom stereocenters. The second-order valence-corrected chi connectivity index (χ2v) is 5.71. The smallest absolute Gasteiger partial charge is 0.130 e. The van der Waals surface area contributed by atoms with E-state index in [2.05, 4.69) is 15.9 Å². The van der Waals surface area contributed by atoms with Crippen molar-refractivity contribution in [3.05, 3.63) is 63.6 Å². The van der Waals surface area contributed by atoms with E-state index in [4.69, 9.17) is 10.5 Å². The molecule has 0 aromatic heterocycles. The summed E-state index contributed by atoms with van der Waals surface area (Å²) in [5.74, 6) is -0.357. The molecule has 0 fully saturated rings. The molecule has 2 aromatic carbocycles. The maximum absolute atomic E-state index is 13.8. The molecule has 5 heteroatoms. The van der Waals surface area contributed by atoms with Crippen LogP contribution in [0.2, 0.25) is 0 Å². The minimum Gasteiger partial charge on any atom is -0.485 e. The van der Waals surface area contributed by atoms with Gasteiger partial charge in [-0.05, 0) is 36.4 Å². The van der Waals surface area contributed by atoms with Crippen molar-refractivity contribution in [2.75, 3.05) is 0 Å². The number of hydrogen-bond acceptors (Lipinski definition) is 2. The van der Waals surface area contributed by atoms with E-state index in [0.717, 1.165) is 28.2 Å². The molecule has 2 atom stereocenters. The number of nitrogens with two attached hydrogens (primary N) is 1. The Labute approximate surface area is 123 Å². The van der Waals surface area contributed by atoms with Crippen LogP contribution < -0.4 is 10.5 Å². The van der Waals surface area contributed by atoms with E-state index in [1.54, 1.807) is 6.07 Å². The first-order valence-corrected chi connectivity index (χ1v) is 7.00. The molecule has 0 radical (unpaired) electrons. The van der Waals surface area contributed by atoms with Crippen molar-refractivity contribution in [2.24, 2.45) is 5.73 Å². The molecule has 2 N–H and O–H groups in total. The van der Waals surface area contributed by atoms with Crippen molar-refractivity contribution >= 4 is 15.9 Å². The Morgan fingerprint density at radius 1 is 1.10 bits per heavy atom. The van der Waals surface area contributed by atoms with E-state index < -0.39 is 17.7 Å². The molecular weight excluding hydrogens is 328 g/mol. The van der Waals surface area contributed by atoms with Gasteiger partial charge in [-0.15, -0.1) is 0 Å². The highest BCUT2D eigenvalue weighted by atomic mass is 79.9. The van der Waals surface area contributed by atoms with Crippen LogP contribution >= 0.6 is 15.9 Å². The first kappa shape index (κ1) is 13.5. The Balaban J connectivity index is 1.99. The average Bonchev–Trinajstić information content (AvgIpc) is 2.42. The Kier molecular flexibility index (Phi) is 3.48. The molecule has 2 aromatic rings. The van der Waals surface area contributed by atoms with Crippen LogP contribution in [0.5, 0.6) is 5.75 Å². The Morgan fingerprint density at radius 3 is 2.70 bits per heavy atom. The van der Waals surface area contributed by atoms with Crippen molar-refractivity contribution in [1.82, 2.24) is 0 Å². The third-order valence-corrected chi connectivity index (χ3v) is 3.91. The number of ether oxygens (including phenoxy) is 1. The van der Waals surface area contributed by atoms with Gasteiger partial charge < -0.3 is 10.5 Å². The molecule has 1 aliphatic rings. The SMILES string of the molecule is N[C@@H]1CC(c2cc(F)ccc2F)Oc2ccc(Br)cc21. The van der Waals surface area contributed by atoms with Gasteiger partial charge in [0.25, 0.3) is 0 Å². The second-order valence-electron chi connectivity index (χ2n) is 4.80. The van der Waals surface area contributed by atoms with E-state index in [9.17, 15) is 8.78 Å². The van der Waals surface area contributed by atoms with E-state index in [1.165, 1.54) is 0 Å².